The molecule has 0 atom stereocenters. The maximum atomic E-state index is 10.7. The van der Waals surface area contributed by atoms with Crippen LogP contribution in [0.2, 0.25) is 0 Å². The molecule has 0 radical (unpaired) electrons. The summed E-state index contributed by atoms with van der Waals surface area (Å²) in [6.07, 6.45) is 1.12. The van der Waals surface area contributed by atoms with E-state index in [9.17, 15) is 4.79 Å². The van der Waals surface area contributed by atoms with Crippen LogP contribution in [0.1, 0.15) is 13.8 Å². The van der Waals surface area contributed by atoms with Crippen molar-refractivity contribution in [1.29, 1.82) is 0 Å². The van der Waals surface area contributed by atoms with Crippen LogP contribution in [0.3, 0.4) is 0 Å². The smallest absolute Gasteiger partial charge is 0.330 e. The van der Waals surface area contributed by atoms with Crippen molar-refractivity contribution < 1.29 is 14.4 Å². The van der Waals surface area contributed by atoms with Gasteiger partial charge in [-0.25, -0.2) is 10.7 Å². The van der Waals surface area contributed by atoms with Gasteiger partial charge < -0.3 is 9.57 Å². The molecule has 0 rings (SSSR count). The number of carbonyl (C=O) groups is 1. The molecule has 0 saturated heterocycles. The van der Waals surface area contributed by atoms with E-state index >= 15 is 0 Å². The summed E-state index contributed by atoms with van der Waals surface area (Å²) in [7, 11) is 0. The van der Waals surface area contributed by atoms with E-state index in [4.69, 9.17) is 10.6 Å². The Kier molecular flexibility index (Phi) is 4.54. The molecule has 70 valence electrons. The predicted molar refractivity (Wildman–Crippen MR) is 45.1 cm³/mol. The first-order valence-corrected chi connectivity index (χ1v) is 3.63. The first-order chi connectivity index (χ1) is 5.52. The lowest BCUT2D eigenvalue weighted by molar-refractivity contribution is -0.142. The second-order valence-corrected chi connectivity index (χ2v) is 3.29. The lowest BCUT2D eigenvalue weighted by atomic mass is 9.96. The maximum absolute atomic E-state index is 10.7. The van der Waals surface area contributed by atoms with Crippen LogP contribution in [0.15, 0.2) is 12.7 Å². The molecule has 4 nitrogen and oxygen atoms in total. The van der Waals surface area contributed by atoms with Crippen molar-refractivity contribution in [3.8, 4) is 0 Å². The van der Waals surface area contributed by atoms with Crippen LogP contribution in [0, 0.1) is 5.41 Å². The predicted octanol–water partition coefficient (Wildman–Crippen LogP) is 0.632. The second kappa shape index (κ2) is 4.90. The van der Waals surface area contributed by atoms with E-state index in [0.29, 0.717) is 6.61 Å². The highest BCUT2D eigenvalue weighted by Crippen LogP contribution is 2.14. The molecule has 0 heterocycles. The van der Waals surface area contributed by atoms with E-state index in [1.54, 1.807) is 0 Å². The number of nitrogens with two attached hydrogens (primary N) is 1. The van der Waals surface area contributed by atoms with Crippen LogP contribution in [0.5, 0.6) is 0 Å². The molecule has 0 aromatic heterocycles. The highest BCUT2D eigenvalue weighted by atomic mass is 16.6. The minimum absolute atomic E-state index is 0.257. The molecule has 0 bridgehead atoms. The van der Waals surface area contributed by atoms with Gasteiger partial charge in [-0.3, -0.25) is 0 Å². The molecule has 0 fully saturated rings. The SMILES string of the molecule is C=CC(=O)OCC(C)(C)CON. The molecule has 2 N–H and O–H groups in total. The Labute approximate surface area is 72.3 Å². The Balaban J connectivity index is 3.74. The zero-order valence-corrected chi connectivity index (χ0v) is 7.50. The third kappa shape index (κ3) is 4.87. The minimum Gasteiger partial charge on any atom is -0.462 e. The van der Waals surface area contributed by atoms with Crippen molar-refractivity contribution in [1.82, 2.24) is 0 Å². The first kappa shape index (κ1) is 11.1. The van der Waals surface area contributed by atoms with Crippen molar-refractivity contribution in [3.05, 3.63) is 12.7 Å². The summed E-state index contributed by atoms with van der Waals surface area (Å²) in [5.74, 6) is 4.46. The number of esters is 1. The maximum Gasteiger partial charge on any atom is 0.330 e. The van der Waals surface area contributed by atoms with Crippen molar-refractivity contribution in [3.63, 3.8) is 0 Å². The summed E-state index contributed by atoms with van der Waals surface area (Å²) in [6, 6.07) is 0. The van der Waals surface area contributed by atoms with Gasteiger partial charge in [0.15, 0.2) is 0 Å². The summed E-state index contributed by atoms with van der Waals surface area (Å²) in [6.45, 7) is 7.66. The van der Waals surface area contributed by atoms with Gasteiger partial charge in [0.1, 0.15) is 0 Å². The molecule has 0 aliphatic carbocycles. The monoisotopic (exact) mass is 173 g/mol. The number of carbonyl (C=O) groups excluding carboxylic acids is 1. The van der Waals surface area contributed by atoms with E-state index in [0.717, 1.165) is 6.08 Å². The van der Waals surface area contributed by atoms with Gasteiger partial charge in [-0.1, -0.05) is 20.4 Å². The molecule has 4 heteroatoms. The van der Waals surface area contributed by atoms with E-state index in [1.807, 2.05) is 13.8 Å². The Morgan fingerprint density at radius 3 is 2.58 bits per heavy atom. The number of ether oxygens (including phenoxy) is 1. The fraction of sp³-hybridized carbons (Fsp3) is 0.625. The van der Waals surface area contributed by atoms with Gasteiger partial charge in [0, 0.05) is 11.5 Å². The Morgan fingerprint density at radius 2 is 2.17 bits per heavy atom. The largest absolute Gasteiger partial charge is 0.462 e. The molecule has 0 aromatic carbocycles. The molecule has 12 heavy (non-hydrogen) atoms. The van der Waals surface area contributed by atoms with Gasteiger partial charge in [-0.15, -0.1) is 0 Å². The molecule has 0 aliphatic heterocycles. The van der Waals surface area contributed by atoms with Gasteiger partial charge >= 0.3 is 5.97 Å². The highest BCUT2D eigenvalue weighted by molar-refractivity contribution is 5.81. The average Bonchev–Trinajstić information content (AvgIpc) is 2.00. The van der Waals surface area contributed by atoms with E-state index < -0.39 is 5.97 Å². The van der Waals surface area contributed by atoms with Crippen LogP contribution in [-0.2, 0) is 14.4 Å². The molecule has 0 aliphatic rings. The second-order valence-electron chi connectivity index (χ2n) is 3.29. The van der Waals surface area contributed by atoms with Crippen LogP contribution in [0.25, 0.3) is 0 Å². The average molecular weight is 173 g/mol. The standard InChI is InChI=1S/C8H15NO3/c1-4-7(10)11-5-8(2,3)6-12-9/h4H,1,5-6,9H2,2-3H3. The fourth-order valence-corrected chi connectivity index (χ4v) is 0.593. The molecule has 0 aromatic rings. The first-order valence-electron chi connectivity index (χ1n) is 3.63. The summed E-state index contributed by atoms with van der Waals surface area (Å²) in [5.41, 5.74) is -0.257. The Morgan fingerprint density at radius 1 is 1.58 bits per heavy atom. The van der Waals surface area contributed by atoms with E-state index in [-0.39, 0.29) is 12.0 Å². The van der Waals surface area contributed by atoms with Crippen molar-refractivity contribution >= 4 is 5.97 Å². The molecule has 0 amide bonds. The van der Waals surface area contributed by atoms with Gasteiger partial charge in [-0.2, -0.15) is 0 Å². The van der Waals surface area contributed by atoms with Crippen molar-refractivity contribution in [2.45, 2.75) is 13.8 Å². The zero-order chi connectivity index (χ0) is 9.61. The lowest BCUT2D eigenvalue weighted by Gasteiger charge is -2.21. The van der Waals surface area contributed by atoms with Crippen molar-refractivity contribution in [2.24, 2.45) is 11.3 Å². The van der Waals surface area contributed by atoms with Gasteiger partial charge in [-0.05, 0) is 0 Å². The quantitative estimate of drug-likeness (QED) is 0.376. The fourth-order valence-electron chi connectivity index (χ4n) is 0.593. The van der Waals surface area contributed by atoms with E-state index in [2.05, 4.69) is 11.4 Å². The van der Waals surface area contributed by atoms with Crippen LogP contribution in [0.4, 0.5) is 0 Å². The Hall–Kier alpha value is -0.870. The molecular formula is C8H15NO3. The molecule has 0 saturated carbocycles. The minimum atomic E-state index is -0.430. The van der Waals surface area contributed by atoms with Gasteiger partial charge in [0.2, 0.25) is 0 Å². The summed E-state index contributed by atoms with van der Waals surface area (Å²) in [5, 5.41) is 0. The van der Waals surface area contributed by atoms with Gasteiger partial charge in [0.25, 0.3) is 0 Å². The zero-order valence-electron chi connectivity index (χ0n) is 7.50. The summed E-state index contributed by atoms with van der Waals surface area (Å²) in [4.78, 5) is 15.1. The summed E-state index contributed by atoms with van der Waals surface area (Å²) < 4.78 is 4.82. The van der Waals surface area contributed by atoms with Gasteiger partial charge in [0.05, 0.1) is 13.2 Å². The number of rotatable bonds is 5. The van der Waals surface area contributed by atoms with Crippen LogP contribution in [-0.4, -0.2) is 19.2 Å². The van der Waals surface area contributed by atoms with Crippen LogP contribution >= 0.6 is 0 Å². The number of hydrogen-bond acceptors (Lipinski definition) is 4. The molecular weight excluding hydrogens is 158 g/mol. The Bertz CT molecular complexity index is 166. The highest BCUT2D eigenvalue weighted by Gasteiger charge is 2.19. The molecule has 0 unspecified atom stereocenters. The van der Waals surface area contributed by atoms with Crippen LogP contribution < -0.4 is 5.90 Å². The normalized spacial score (nSPS) is 10.9. The van der Waals surface area contributed by atoms with Crippen molar-refractivity contribution in [2.75, 3.05) is 13.2 Å². The lowest BCUT2D eigenvalue weighted by Crippen LogP contribution is -2.28. The third-order valence-corrected chi connectivity index (χ3v) is 1.25. The topological polar surface area (TPSA) is 61.5 Å². The third-order valence-electron chi connectivity index (χ3n) is 1.25. The summed E-state index contributed by atoms with van der Waals surface area (Å²) >= 11 is 0. The molecule has 0 spiro atoms. The van der Waals surface area contributed by atoms with E-state index in [1.165, 1.54) is 0 Å². The number of hydrogen-bond donors (Lipinski definition) is 1.